The summed E-state index contributed by atoms with van der Waals surface area (Å²) >= 11 is 0. The van der Waals surface area contributed by atoms with Gasteiger partial charge in [-0.05, 0) is 37.1 Å². The summed E-state index contributed by atoms with van der Waals surface area (Å²) in [5.74, 6) is -0.427. The van der Waals surface area contributed by atoms with Crippen molar-refractivity contribution in [2.45, 2.75) is 24.2 Å². The third-order valence-electron chi connectivity index (χ3n) is 4.09. The van der Waals surface area contributed by atoms with Crippen molar-refractivity contribution in [1.29, 1.82) is 0 Å². The number of benzene rings is 1. The number of hydrogen-bond acceptors (Lipinski definition) is 4. The Morgan fingerprint density at radius 3 is 2.52 bits per heavy atom. The first-order valence-corrected chi connectivity index (χ1v) is 9.51. The summed E-state index contributed by atoms with van der Waals surface area (Å²) in [5, 5.41) is 2.65. The maximum absolute atomic E-state index is 12.7. The van der Waals surface area contributed by atoms with Crippen LogP contribution in [0, 0.1) is 0 Å². The lowest BCUT2D eigenvalue weighted by atomic mass is 10.2. The predicted molar refractivity (Wildman–Crippen MR) is 94.1 cm³/mol. The minimum Gasteiger partial charge on any atom is -0.328 e. The molecule has 1 aliphatic rings. The highest BCUT2D eigenvalue weighted by Gasteiger charge is 2.26. The van der Waals surface area contributed by atoms with E-state index in [-0.39, 0.29) is 16.0 Å². The topological polar surface area (TPSA) is 99.3 Å². The first-order chi connectivity index (χ1) is 12.0. The van der Waals surface area contributed by atoms with Crippen LogP contribution in [0.25, 0.3) is 0 Å². The van der Waals surface area contributed by atoms with Crippen LogP contribution in [0.15, 0.2) is 52.3 Å². The number of H-pyrrole nitrogens is 1. The van der Waals surface area contributed by atoms with Crippen molar-refractivity contribution in [2.75, 3.05) is 18.4 Å². The number of aromatic amines is 1. The monoisotopic (exact) mass is 361 g/mol. The Balaban J connectivity index is 1.80. The number of aromatic nitrogens is 1. The number of nitrogens with zero attached hydrogens (tertiary/aromatic N) is 1. The first-order valence-electron chi connectivity index (χ1n) is 8.07. The van der Waals surface area contributed by atoms with Crippen molar-refractivity contribution in [3.05, 3.63) is 58.5 Å². The molecule has 1 fully saturated rings. The van der Waals surface area contributed by atoms with Gasteiger partial charge in [-0.1, -0.05) is 12.5 Å². The molecule has 0 aliphatic carbocycles. The average molecular weight is 361 g/mol. The Labute approximate surface area is 145 Å². The van der Waals surface area contributed by atoms with E-state index in [1.165, 1.54) is 34.8 Å². The summed E-state index contributed by atoms with van der Waals surface area (Å²) in [6, 6.07) is 8.86. The molecule has 1 amide bonds. The van der Waals surface area contributed by atoms with Crippen LogP contribution in [0.3, 0.4) is 0 Å². The molecule has 1 aliphatic heterocycles. The highest BCUT2D eigenvalue weighted by atomic mass is 32.2. The minimum absolute atomic E-state index is 0.161. The van der Waals surface area contributed by atoms with E-state index in [4.69, 9.17) is 0 Å². The van der Waals surface area contributed by atoms with Crippen LogP contribution in [-0.2, 0) is 10.0 Å². The second-order valence-corrected chi connectivity index (χ2v) is 7.83. The molecule has 2 heterocycles. The van der Waals surface area contributed by atoms with E-state index >= 15 is 0 Å². The molecule has 7 nitrogen and oxygen atoms in total. The highest BCUT2D eigenvalue weighted by molar-refractivity contribution is 7.89. The molecule has 2 aromatic rings. The lowest BCUT2D eigenvalue weighted by molar-refractivity contribution is 0.102. The molecule has 1 aromatic carbocycles. The third kappa shape index (κ3) is 3.97. The van der Waals surface area contributed by atoms with Gasteiger partial charge in [0, 0.05) is 31.0 Å². The summed E-state index contributed by atoms with van der Waals surface area (Å²) in [6.07, 6.45) is 4.08. The summed E-state index contributed by atoms with van der Waals surface area (Å²) in [7, 11) is -3.56. The molecule has 8 heteroatoms. The van der Waals surface area contributed by atoms with E-state index in [2.05, 4.69) is 10.3 Å². The van der Waals surface area contributed by atoms with E-state index in [0.717, 1.165) is 19.3 Å². The lowest BCUT2D eigenvalue weighted by Gasteiger charge is -2.26. The van der Waals surface area contributed by atoms with Crippen LogP contribution < -0.4 is 10.9 Å². The Kier molecular flexibility index (Phi) is 5.00. The van der Waals surface area contributed by atoms with E-state index < -0.39 is 15.9 Å². The molecule has 3 rings (SSSR count). The third-order valence-corrected chi connectivity index (χ3v) is 5.99. The standard InChI is InChI=1S/C17H19N3O4S/c21-16-8-7-13(12-18-16)17(22)19-14-5-4-6-15(11-14)25(23,24)20-9-2-1-3-10-20/h4-8,11-12H,1-3,9-10H2,(H,18,21)(H,19,22). The Morgan fingerprint density at radius 2 is 1.84 bits per heavy atom. The van der Waals surface area contributed by atoms with Gasteiger partial charge >= 0.3 is 0 Å². The fourth-order valence-corrected chi connectivity index (χ4v) is 4.31. The lowest BCUT2D eigenvalue weighted by Crippen LogP contribution is -2.35. The van der Waals surface area contributed by atoms with Crippen molar-refractivity contribution in [3.63, 3.8) is 0 Å². The molecule has 0 unspecified atom stereocenters. The van der Waals surface area contributed by atoms with Gasteiger partial charge in [0.15, 0.2) is 0 Å². The van der Waals surface area contributed by atoms with Crippen molar-refractivity contribution in [2.24, 2.45) is 0 Å². The fourth-order valence-electron chi connectivity index (χ4n) is 2.74. The number of anilines is 1. The van der Waals surface area contributed by atoms with Crippen LogP contribution in [0.5, 0.6) is 0 Å². The normalized spacial score (nSPS) is 15.7. The number of carbonyl (C=O) groups excluding carboxylic acids is 1. The van der Waals surface area contributed by atoms with E-state index in [0.29, 0.717) is 18.8 Å². The van der Waals surface area contributed by atoms with Gasteiger partial charge in [-0.15, -0.1) is 0 Å². The number of hydrogen-bond donors (Lipinski definition) is 2. The molecular formula is C17H19N3O4S. The van der Waals surface area contributed by atoms with Gasteiger partial charge in [0.2, 0.25) is 15.6 Å². The number of rotatable bonds is 4. The maximum Gasteiger partial charge on any atom is 0.257 e. The van der Waals surface area contributed by atoms with Crippen molar-refractivity contribution < 1.29 is 13.2 Å². The molecule has 0 spiro atoms. The van der Waals surface area contributed by atoms with Gasteiger partial charge in [-0.2, -0.15) is 4.31 Å². The van der Waals surface area contributed by atoms with Gasteiger partial charge in [0.25, 0.3) is 5.91 Å². The van der Waals surface area contributed by atoms with E-state index in [1.54, 1.807) is 12.1 Å². The smallest absolute Gasteiger partial charge is 0.257 e. The SMILES string of the molecule is O=C(Nc1cccc(S(=O)(=O)N2CCCCC2)c1)c1ccc(=O)[nH]c1. The number of piperidine rings is 1. The van der Waals surface area contributed by atoms with Gasteiger partial charge in [0.1, 0.15) is 0 Å². The van der Waals surface area contributed by atoms with Gasteiger partial charge in [0.05, 0.1) is 10.5 Å². The zero-order chi connectivity index (χ0) is 17.9. The summed E-state index contributed by atoms with van der Waals surface area (Å²) in [4.78, 5) is 25.8. The van der Waals surface area contributed by atoms with Crippen LogP contribution >= 0.6 is 0 Å². The molecule has 1 saturated heterocycles. The number of amides is 1. The predicted octanol–water partition coefficient (Wildman–Crippen LogP) is 1.80. The Morgan fingerprint density at radius 1 is 1.08 bits per heavy atom. The summed E-state index contributed by atoms with van der Waals surface area (Å²) < 4.78 is 26.9. The van der Waals surface area contributed by atoms with Gasteiger partial charge < -0.3 is 10.3 Å². The summed E-state index contributed by atoms with van der Waals surface area (Å²) in [6.45, 7) is 1.05. The van der Waals surface area contributed by atoms with Crippen molar-refractivity contribution >= 4 is 21.6 Å². The quantitative estimate of drug-likeness (QED) is 0.867. The number of carbonyl (C=O) groups is 1. The Bertz CT molecular complexity index is 910. The van der Waals surface area contributed by atoms with Crippen molar-refractivity contribution in [1.82, 2.24) is 9.29 Å². The minimum atomic E-state index is -3.56. The molecular weight excluding hydrogens is 342 g/mol. The van der Waals surface area contributed by atoms with Crippen LogP contribution in [0.2, 0.25) is 0 Å². The molecule has 0 atom stereocenters. The molecule has 0 saturated carbocycles. The fraction of sp³-hybridized carbons (Fsp3) is 0.294. The zero-order valence-electron chi connectivity index (χ0n) is 13.6. The molecule has 25 heavy (non-hydrogen) atoms. The second-order valence-electron chi connectivity index (χ2n) is 5.89. The second kappa shape index (κ2) is 7.20. The molecule has 0 bridgehead atoms. The van der Waals surface area contributed by atoms with Crippen LogP contribution in [0.4, 0.5) is 5.69 Å². The Hall–Kier alpha value is -2.45. The maximum atomic E-state index is 12.7. The molecule has 132 valence electrons. The number of sulfonamides is 1. The first kappa shape index (κ1) is 17.4. The average Bonchev–Trinajstić information content (AvgIpc) is 2.63. The molecule has 0 radical (unpaired) electrons. The molecule has 1 aromatic heterocycles. The summed E-state index contributed by atoms with van der Waals surface area (Å²) in [5.41, 5.74) is 0.365. The van der Waals surface area contributed by atoms with Gasteiger partial charge in [-0.3, -0.25) is 9.59 Å². The van der Waals surface area contributed by atoms with Crippen LogP contribution in [-0.4, -0.2) is 36.7 Å². The highest BCUT2D eigenvalue weighted by Crippen LogP contribution is 2.23. The van der Waals surface area contributed by atoms with E-state index in [1.807, 2.05) is 0 Å². The van der Waals surface area contributed by atoms with Gasteiger partial charge in [-0.25, -0.2) is 8.42 Å². The van der Waals surface area contributed by atoms with Crippen LogP contribution in [0.1, 0.15) is 29.6 Å². The zero-order valence-corrected chi connectivity index (χ0v) is 14.4. The largest absolute Gasteiger partial charge is 0.328 e. The molecule has 2 N–H and O–H groups in total. The number of pyridine rings is 1. The van der Waals surface area contributed by atoms with Crippen molar-refractivity contribution in [3.8, 4) is 0 Å². The van der Waals surface area contributed by atoms with E-state index in [9.17, 15) is 18.0 Å². The number of nitrogens with one attached hydrogen (secondary N) is 2.